The molecule has 1 unspecified atom stereocenters. The van der Waals surface area contributed by atoms with Crippen LogP contribution in [0.1, 0.15) is 30.9 Å². The molecule has 21 heavy (non-hydrogen) atoms. The predicted molar refractivity (Wildman–Crippen MR) is 80.0 cm³/mol. The van der Waals surface area contributed by atoms with Crippen molar-refractivity contribution in [2.24, 2.45) is 11.7 Å². The molecule has 1 saturated heterocycles. The van der Waals surface area contributed by atoms with E-state index in [4.69, 9.17) is 5.73 Å². The van der Waals surface area contributed by atoms with E-state index >= 15 is 0 Å². The molecule has 1 heterocycles. The lowest BCUT2D eigenvalue weighted by molar-refractivity contribution is 0.278. The van der Waals surface area contributed by atoms with Crippen molar-refractivity contribution >= 4 is 10.2 Å². The van der Waals surface area contributed by atoms with Gasteiger partial charge in [-0.05, 0) is 30.4 Å². The fourth-order valence-electron chi connectivity index (χ4n) is 2.49. The summed E-state index contributed by atoms with van der Waals surface area (Å²) in [6, 6.07) is 4.61. The van der Waals surface area contributed by atoms with E-state index in [9.17, 15) is 12.8 Å². The van der Waals surface area contributed by atoms with Gasteiger partial charge < -0.3 is 5.73 Å². The normalized spacial score (nSPS) is 20.6. The molecule has 1 fully saturated rings. The van der Waals surface area contributed by atoms with Crippen molar-refractivity contribution in [2.45, 2.75) is 32.9 Å². The number of hydrogen-bond acceptors (Lipinski definition) is 3. The van der Waals surface area contributed by atoms with E-state index in [1.165, 1.54) is 10.4 Å². The summed E-state index contributed by atoms with van der Waals surface area (Å²) in [7, 11) is -3.55. The molecule has 1 aliphatic rings. The Hall–Kier alpha value is -1.02. The molecule has 1 aromatic rings. The quantitative estimate of drug-likeness (QED) is 0.861. The van der Waals surface area contributed by atoms with Crippen molar-refractivity contribution in [2.75, 3.05) is 13.1 Å². The number of halogens is 1. The molecule has 5 nitrogen and oxygen atoms in total. The molecule has 0 bridgehead atoms. The first-order chi connectivity index (χ1) is 9.92. The number of benzene rings is 1. The molecule has 7 heteroatoms. The lowest BCUT2D eigenvalue weighted by atomic mass is 10.0. The van der Waals surface area contributed by atoms with Gasteiger partial charge in [-0.1, -0.05) is 19.1 Å². The SMILES string of the molecule is CC1CCCN(S(=O)(=O)NCc2ccc(CN)cc2F)C1. The van der Waals surface area contributed by atoms with E-state index in [0.29, 0.717) is 30.1 Å². The maximum absolute atomic E-state index is 13.8. The highest BCUT2D eigenvalue weighted by Gasteiger charge is 2.26. The van der Waals surface area contributed by atoms with E-state index in [1.807, 2.05) is 6.92 Å². The van der Waals surface area contributed by atoms with Crippen molar-refractivity contribution in [3.63, 3.8) is 0 Å². The van der Waals surface area contributed by atoms with Crippen LogP contribution < -0.4 is 10.5 Å². The van der Waals surface area contributed by atoms with Crippen LogP contribution in [0.25, 0.3) is 0 Å². The Morgan fingerprint density at radius 1 is 1.48 bits per heavy atom. The highest BCUT2D eigenvalue weighted by atomic mass is 32.2. The number of hydrogen-bond donors (Lipinski definition) is 2. The first-order valence-electron chi connectivity index (χ1n) is 7.14. The summed E-state index contributed by atoms with van der Waals surface area (Å²) >= 11 is 0. The van der Waals surface area contributed by atoms with Crippen LogP contribution in [-0.4, -0.2) is 25.8 Å². The highest BCUT2D eigenvalue weighted by molar-refractivity contribution is 7.87. The molecule has 0 saturated carbocycles. The van der Waals surface area contributed by atoms with E-state index in [-0.39, 0.29) is 13.1 Å². The highest BCUT2D eigenvalue weighted by Crippen LogP contribution is 2.18. The van der Waals surface area contributed by atoms with Crippen LogP contribution in [0.15, 0.2) is 18.2 Å². The summed E-state index contributed by atoms with van der Waals surface area (Å²) in [6.45, 7) is 3.28. The largest absolute Gasteiger partial charge is 0.326 e. The Bertz CT molecular complexity index is 592. The minimum atomic E-state index is -3.55. The first kappa shape index (κ1) is 16.4. The van der Waals surface area contributed by atoms with Gasteiger partial charge in [0.2, 0.25) is 0 Å². The number of nitrogens with zero attached hydrogens (tertiary/aromatic N) is 1. The van der Waals surface area contributed by atoms with Gasteiger partial charge in [-0.15, -0.1) is 0 Å². The van der Waals surface area contributed by atoms with Gasteiger partial charge in [0.1, 0.15) is 5.82 Å². The van der Waals surface area contributed by atoms with Crippen LogP contribution >= 0.6 is 0 Å². The maximum atomic E-state index is 13.8. The van der Waals surface area contributed by atoms with Crippen molar-refractivity contribution in [1.82, 2.24) is 9.03 Å². The molecular weight excluding hydrogens is 293 g/mol. The van der Waals surface area contributed by atoms with Gasteiger partial charge in [0.25, 0.3) is 10.2 Å². The molecule has 1 aromatic carbocycles. The van der Waals surface area contributed by atoms with E-state index in [2.05, 4.69) is 4.72 Å². The zero-order valence-electron chi connectivity index (χ0n) is 12.2. The third-order valence-corrected chi connectivity index (χ3v) is 5.28. The number of nitrogens with one attached hydrogen (secondary N) is 1. The summed E-state index contributed by atoms with van der Waals surface area (Å²) in [5.41, 5.74) is 6.44. The summed E-state index contributed by atoms with van der Waals surface area (Å²) in [5, 5.41) is 0. The van der Waals surface area contributed by atoms with Gasteiger partial charge in [-0.2, -0.15) is 17.4 Å². The van der Waals surface area contributed by atoms with Gasteiger partial charge >= 0.3 is 0 Å². The fraction of sp³-hybridized carbons (Fsp3) is 0.571. The average Bonchev–Trinajstić information content (AvgIpc) is 2.46. The summed E-state index contributed by atoms with van der Waals surface area (Å²) in [5.74, 6) is -0.0800. The number of piperidine rings is 1. The smallest absolute Gasteiger partial charge is 0.279 e. The lowest BCUT2D eigenvalue weighted by Gasteiger charge is -2.30. The van der Waals surface area contributed by atoms with E-state index in [0.717, 1.165) is 12.8 Å². The fourth-order valence-corrected chi connectivity index (χ4v) is 3.83. The molecule has 2 rings (SSSR count). The van der Waals surface area contributed by atoms with Gasteiger partial charge in [-0.25, -0.2) is 4.39 Å². The summed E-state index contributed by atoms with van der Waals surface area (Å²) in [6.07, 6.45) is 1.91. The zero-order valence-corrected chi connectivity index (χ0v) is 13.0. The van der Waals surface area contributed by atoms with Crippen LogP contribution in [0.2, 0.25) is 0 Å². The van der Waals surface area contributed by atoms with Gasteiger partial charge in [0.05, 0.1) is 0 Å². The minimum Gasteiger partial charge on any atom is -0.326 e. The molecule has 1 aliphatic heterocycles. The second kappa shape index (κ2) is 6.83. The Morgan fingerprint density at radius 2 is 2.24 bits per heavy atom. The molecule has 118 valence electrons. The third-order valence-electron chi connectivity index (χ3n) is 3.76. The second-order valence-electron chi connectivity index (χ2n) is 5.56. The summed E-state index contributed by atoms with van der Waals surface area (Å²) < 4.78 is 42.1. The average molecular weight is 315 g/mol. The van der Waals surface area contributed by atoms with E-state index in [1.54, 1.807) is 12.1 Å². The van der Waals surface area contributed by atoms with Crippen molar-refractivity contribution in [3.05, 3.63) is 35.1 Å². The van der Waals surface area contributed by atoms with Gasteiger partial charge in [-0.3, -0.25) is 0 Å². The second-order valence-corrected chi connectivity index (χ2v) is 7.32. The monoisotopic (exact) mass is 315 g/mol. The Balaban J connectivity index is 2.01. The molecule has 0 radical (unpaired) electrons. The number of rotatable bonds is 5. The molecule has 1 atom stereocenters. The Labute approximate surface area is 125 Å². The summed E-state index contributed by atoms with van der Waals surface area (Å²) in [4.78, 5) is 0. The lowest BCUT2D eigenvalue weighted by Crippen LogP contribution is -2.45. The van der Waals surface area contributed by atoms with Crippen LogP contribution in [0.5, 0.6) is 0 Å². The van der Waals surface area contributed by atoms with Gasteiger partial charge in [0.15, 0.2) is 0 Å². The molecule has 3 N–H and O–H groups in total. The first-order valence-corrected chi connectivity index (χ1v) is 8.58. The van der Waals surface area contributed by atoms with Gasteiger partial charge in [0, 0.05) is 31.7 Å². The van der Waals surface area contributed by atoms with Crippen LogP contribution in [-0.2, 0) is 23.3 Å². The van der Waals surface area contributed by atoms with Crippen molar-refractivity contribution < 1.29 is 12.8 Å². The van der Waals surface area contributed by atoms with Crippen molar-refractivity contribution in [1.29, 1.82) is 0 Å². The molecule has 0 spiro atoms. The minimum absolute atomic E-state index is 0.0517. The van der Waals surface area contributed by atoms with Crippen LogP contribution in [0, 0.1) is 11.7 Å². The predicted octanol–water partition coefficient (Wildman–Crippen LogP) is 1.35. The Kier molecular flexibility index (Phi) is 5.32. The third kappa shape index (κ3) is 4.23. The van der Waals surface area contributed by atoms with Crippen molar-refractivity contribution in [3.8, 4) is 0 Å². The molecular formula is C14H22FN3O2S. The molecule has 0 aliphatic carbocycles. The Morgan fingerprint density at radius 3 is 2.86 bits per heavy atom. The number of nitrogens with two attached hydrogens (primary N) is 1. The van der Waals surface area contributed by atoms with E-state index < -0.39 is 16.0 Å². The molecule has 0 aromatic heterocycles. The molecule has 0 amide bonds. The topological polar surface area (TPSA) is 75.4 Å². The van der Waals surface area contributed by atoms with Crippen LogP contribution in [0.3, 0.4) is 0 Å². The standard InChI is InChI=1S/C14H22FN3O2S/c1-11-3-2-6-18(10-11)21(19,20)17-9-13-5-4-12(8-16)7-14(13)15/h4-5,7,11,17H,2-3,6,8-10,16H2,1H3. The zero-order chi connectivity index (χ0) is 15.5. The maximum Gasteiger partial charge on any atom is 0.279 e. The van der Waals surface area contributed by atoms with Crippen LogP contribution in [0.4, 0.5) is 4.39 Å².